The van der Waals surface area contributed by atoms with Crippen molar-refractivity contribution in [2.24, 2.45) is 0 Å². The maximum absolute atomic E-state index is 12.7. The van der Waals surface area contributed by atoms with Crippen LogP contribution in [0.25, 0.3) is 0 Å². The molecule has 9 nitrogen and oxygen atoms in total. The molecule has 0 aromatic rings. The number of carbonyl (C=O) groups excluding carboxylic acids is 2. The van der Waals surface area contributed by atoms with Crippen LogP contribution in [0.2, 0.25) is 0 Å². The number of rotatable bonds is 48. The third kappa shape index (κ3) is 48.0. The number of unbranched alkanes of at least 4 members (excludes halogenated alkanes) is 30. The Morgan fingerprint density at radius 3 is 1.24 bits per heavy atom. The predicted molar refractivity (Wildman–Crippen MR) is 261 cm³/mol. The lowest BCUT2D eigenvalue weighted by Gasteiger charge is -2.24. The molecule has 366 valence electrons. The van der Waals surface area contributed by atoms with Gasteiger partial charge in [0.25, 0.3) is 0 Å². The molecule has 0 rings (SSSR count). The fourth-order valence-electron chi connectivity index (χ4n) is 7.37. The molecule has 62 heavy (non-hydrogen) atoms. The Morgan fingerprint density at radius 2 is 0.839 bits per heavy atom. The fourth-order valence-corrected chi connectivity index (χ4v) is 8.11. The molecule has 0 spiro atoms. The Bertz CT molecular complexity index is 1110. The van der Waals surface area contributed by atoms with Crippen molar-refractivity contribution in [3.63, 3.8) is 0 Å². The second kappa shape index (κ2) is 44.7. The van der Waals surface area contributed by atoms with Crippen molar-refractivity contribution < 1.29 is 42.1 Å². The van der Waals surface area contributed by atoms with Gasteiger partial charge < -0.3 is 18.9 Å². The second-order valence-electron chi connectivity index (χ2n) is 18.9. The molecule has 0 aliphatic heterocycles. The highest BCUT2D eigenvalue weighted by molar-refractivity contribution is 7.47. The van der Waals surface area contributed by atoms with E-state index in [-0.39, 0.29) is 26.1 Å². The Kier molecular flexibility index (Phi) is 43.6. The van der Waals surface area contributed by atoms with Gasteiger partial charge in [-0.1, -0.05) is 199 Å². The Hall–Kier alpha value is -1.51. The zero-order valence-corrected chi connectivity index (χ0v) is 42.3. The first-order valence-electron chi connectivity index (χ1n) is 26.1. The Labute approximate surface area is 383 Å². The lowest BCUT2D eigenvalue weighted by Crippen LogP contribution is -2.37. The summed E-state index contributed by atoms with van der Waals surface area (Å²) in [6.45, 7) is 4.41. The number of nitrogens with zero attached hydrogens (tertiary/aromatic N) is 1. The van der Waals surface area contributed by atoms with Gasteiger partial charge in [0, 0.05) is 12.8 Å². The maximum Gasteiger partial charge on any atom is 0.472 e. The molecule has 0 bridgehead atoms. The van der Waals surface area contributed by atoms with Gasteiger partial charge in [-0.15, -0.1) is 0 Å². The van der Waals surface area contributed by atoms with Gasteiger partial charge in [-0.3, -0.25) is 18.6 Å². The zero-order valence-electron chi connectivity index (χ0n) is 41.4. The lowest BCUT2D eigenvalue weighted by atomic mass is 10.0. The predicted octanol–water partition coefficient (Wildman–Crippen LogP) is 15.5. The largest absolute Gasteiger partial charge is 0.472 e. The molecule has 0 aliphatic rings. The SMILES string of the molecule is CCCCCCCCCCC/C=C/CCCCC(=O)OC[C@H](COP(=O)(O)OCC[N+](C)(C)C)OC(=O)CCC/C=C/CCCCCCCCCCCCCCCCCCCC. The van der Waals surface area contributed by atoms with Gasteiger partial charge in [0.05, 0.1) is 27.7 Å². The van der Waals surface area contributed by atoms with E-state index in [1.165, 1.54) is 173 Å². The molecule has 1 unspecified atom stereocenters. The average Bonchev–Trinajstić information content (AvgIpc) is 3.23. The standard InChI is InChI=1S/C52H100NO8P/c1-6-8-10-12-14-16-18-20-22-23-24-25-26-27-28-29-31-33-35-37-39-41-43-45-52(55)61-50(49-60-62(56,57)59-47-46-53(3,4)5)48-58-51(54)44-42-40-38-36-34-32-30-21-19-17-15-13-11-9-7-2/h34,36-37,39,50H,6-33,35,38,40-49H2,1-5H3/p+1/b36-34+,39-37+/t50-/m1/s1. The highest BCUT2D eigenvalue weighted by atomic mass is 31.2. The van der Waals surface area contributed by atoms with Crippen molar-refractivity contribution in [2.45, 2.75) is 251 Å². The van der Waals surface area contributed by atoms with Crippen LogP contribution in [0.4, 0.5) is 0 Å². The van der Waals surface area contributed by atoms with E-state index < -0.39 is 32.5 Å². The zero-order chi connectivity index (χ0) is 45.7. The summed E-state index contributed by atoms with van der Waals surface area (Å²) >= 11 is 0. The summed E-state index contributed by atoms with van der Waals surface area (Å²) in [5.41, 5.74) is 0. The van der Waals surface area contributed by atoms with Gasteiger partial charge in [0.15, 0.2) is 6.10 Å². The molecule has 0 aromatic heterocycles. The summed E-state index contributed by atoms with van der Waals surface area (Å²) in [6, 6.07) is 0. The first-order chi connectivity index (χ1) is 30.0. The van der Waals surface area contributed by atoms with Crippen LogP contribution in [-0.4, -0.2) is 74.9 Å². The van der Waals surface area contributed by atoms with Crippen LogP contribution in [-0.2, 0) is 32.7 Å². The van der Waals surface area contributed by atoms with Crippen LogP contribution in [0.5, 0.6) is 0 Å². The van der Waals surface area contributed by atoms with Crippen molar-refractivity contribution in [1.29, 1.82) is 0 Å². The van der Waals surface area contributed by atoms with Crippen LogP contribution in [0.3, 0.4) is 0 Å². The van der Waals surface area contributed by atoms with E-state index in [1.807, 2.05) is 21.1 Å². The summed E-state index contributed by atoms with van der Waals surface area (Å²) in [7, 11) is 1.46. The van der Waals surface area contributed by atoms with E-state index in [0.717, 1.165) is 32.1 Å². The van der Waals surface area contributed by atoms with Crippen molar-refractivity contribution in [1.82, 2.24) is 0 Å². The minimum Gasteiger partial charge on any atom is -0.462 e. The molecule has 0 aromatic carbocycles. The van der Waals surface area contributed by atoms with Crippen LogP contribution in [0.15, 0.2) is 24.3 Å². The van der Waals surface area contributed by atoms with Crippen LogP contribution in [0.1, 0.15) is 245 Å². The summed E-state index contributed by atoms with van der Waals surface area (Å²) in [5.74, 6) is -0.851. The molecule has 0 radical (unpaired) electrons. The highest BCUT2D eigenvalue weighted by Gasteiger charge is 2.27. The van der Waals surface area contributed by atoms with Gasteiger partial charge in [-0.05, 0) is 57.8 Å². The molecule has 0 saturated heterocycles. The third-order valence-corrected chi connectivity index (χ3v) is 12.4. The highest BCUT2D eigenvalue weighted by Crippen LogP contribution is 2.43. The summed E-state index contributed by atoms with van der Waals surface area (Å²) in [5, 5.41) is 0. The van der Waals surface area contributed by atoms with E-state index in [9.17, 15) is 19.0 Å². The molecular weight excluding hydrogens is 798 g/mol. The van der Waals surface area contributed by atoms with Crippen LogP contribution < -0.4 is 0 Å². The normalized spacial score (nSPS) is 13.6. The minimum atomic E-state index is -4.39. The van der Waals surface area contributed by atoms with Crippen molar-refractivity contribution >= 4 is 19.8 Å². The fraction of sp³-hybridized carbons (Fsp3) is 0.885. The topological polar surface area (TPSA) is 108 Å². The first kappa shape index (κ1) is 60.5. The molecule has 1 N–H and O–H groups in total. The Balaban J connectivity index is 4.25. The number of hydrogen-bond acceptors (Lipinski definition) is 7. The van der Waals surface area contributed by atoms with Crippen LogP contribution >= 0.6 is 7.82 Å². The Morgan fingerprint density at radius 1 is 0.484 bits per heavy atom. The van der Waals surface area contributed by atoms with Gasteiger partial charge >= 0.3 is 19.8 Å². The van der Waals surface area contributed by atoms with E-state index in [1.54, 1.807) is 0 Å². The molecule has 0 amide bonds. The minimum absolute atomic E-state index is 0.0260. The molecular formula is C52H101NO8P+. The molecule has 0 saturated carbocycles. The third-order valence-electron chi connectivity index (χ3n) is 11.5. The quantitative estimate of drug-likeness (QED) is 0.0211. The van der Waals surface area contributed by atoms with Crippen molar-refractivity contribution in [3.8, 4) is 0 Å². The number of carbonyl (C=O) groups is 2. The summed E-state index contributed by atoms with van der Waals surface area (Å²) in [6.07, 6.45) is 51.1. The maximum atomic E-state index is 12.7. The first-order valence-corrected chi connectivity index (χ1v) is 27.6. The molecule has 0 fully saturated rings. The number of ether oxygens (including phenoxy) is 2. The summed E-state index contributed by atoms with van der Waals surface area (Å²) < 4.78 is 34.4. The van der Waals surface area contributed by atoms with E-state index in [4.69, 9.17) is 18.5 Å². The second-order valence-corrected chi connectivity index (χ2v) is 20.4. The van der Waals surface area contributed by atoms with Crippen LogP contribution in [0, 0.1) is 0 Å². The molecule has 0 heterocycles. The van der Waals surface area contributed by atoms with Crippen molar-refractivity contribution in [3.05, 3.63) is 24.3 Å². The van der Waals surface area contributed by atoms with Gasteiger partial charge in [0.2, 0.25) is 0 Å². The van der Waals surface area contributed by atoms with E-state index in [2.05, 4.69) is 38.2 Å². The smallest absolute Gasteiger partial charge is 0.462 e. The summed E-state index contributed by atoms with van der Waals surface area (Å²) in [4.78, 5) is 35.5. The number of esters is 2. The molecule has 0 aliphatic carbocycles. The van der Waals surface area contributed by atoms with Gasteiger partial charge in [-0.2, -0.15) is 0 Å². The number of allylic oxidation sites excluding steroid dienone is 4. The van der Waals surface area contributed by atoms with E-state index >= 15 is 0 Å². The molecule has 10 heteroatoms. The number of likely N-dealkylation sites (N-methyl/N-ethyl adjacent to an activating group) is 1. The number of phosphoric ester groups is 1. The number of hydrogen-bond donors (Lipinski definition) is 1. The number of phosphoric acid groups is 1. The lowest BCUT2D eigenvalue weighted by molar-refractivity contribution is -0.870. The van der Waals surface area contributed by atoms with Crippen molar-refractivity contribution in [2.75, 3.05) is 47.5 Å². The monoisotopic (exact) mass is 899 g/mol. The number of quaternary nitrogens is 1. The van der Waals surface area contributed by atoms with E-state index in [0.29, 0.717) is 23.9 Å². The average molecular weight is 899 g/mol. The molecule has 2 atom stereocenters. The van der Waals surface area contributed by atoms with Gasteiger partial charge in [0.1, 0.15) is 19.8 Å². The van der Waals surface area contributed by atoms with Gasteiger partial charge in [-0.25, -0.2) is 4.57 Å².